The molecule has 1 saturated heterocycles. The van der Waals surface area contributed by atoms with Crippen LogP contribution in [0.2, 0.25) is 0 Å². The number of nitrogens with one attached hydrogen (secondary N) is 1. The monoisotopic (exact) mass is 434 g/mol. The summed E-state index contributed by atoms with van der Waals surface area (Å²) in [6.45, 7) is 2.14. The summed E-state index contributed by atoms with van der Waals surface area (Å²) in [4.78, 5) is 36.4. The van der Waals surface area contributed by atoms with Crippen molar-refractivity contribution in [2.45, 2.75) is 12.5 Å². The third-order valence-corrected chi connectivity index (χ3v) is 5.38. The fraction of sp³-hybridized carbons (Fsp3) is 0.333. The molecular weight excluding hydrogens is 408 g/mol. The molecule has 1 aliphatic heterocycles. The number of hydrogen-bond donors (Lipinski definition) is 1. The molecule has 2 amide bonds. The van der Waals surface area contributed by atoms with Crippen LogP contribution in [-0.2, 0) is 20.7 Å². The van der Waals surface area contributed by atoms with E-state index in [2.05, 4.69) is 10.3 Å². The second kappa shape index (κ2) is 10.3. The van der Waals surface area contributed by atoms with E-state index in [-0.39, 0.29) is 18.2 Å². The van der Waals surface area contributed by atoms with Gasteiger partial charge in [-0.25, -0.2) is 4.98 Å². The number of benzene rings is 1. The Hall–Kier alpha value is -3.36. The van der Waals surface area contributed by atoms with E-state index in [0.29, 0.717) is 49.6 Å². The SMILES string of the molecule is COCCNC(=O)c1cc([C@H]2CN(C(=O)Cc3ccccn3)CCO2)nc2ccccc12. The van der Waals surface area contributed by atoms with Crippen LogP contribution in [0, 0.1) is 0 Å². The molecule has 0 radical (unpaired) electrons. The van der Waals surface area contributed by atoms with Gasteiger partial charge in [0.1, 0.15) is 6.10 Å². The lowest BCUT2D eigenvalue weighted by atomic mass is 10.0. The molecule has 1 atom stereocenters. The van der Waals surface area contributed by atoms with E-state index in [1.165, 1.54) is 0 Å². The van der Waals surface area contributed by atoms with Gasteiger partial charge in [-0.05, 0) is 24.3 Å². The van der Waals surface area contributed by atoms with E-state index < -0.39 is 6.10 Å². The first-order chi connectivity index (χ1) is 15.7. The molecule has 0 saturated carbocycles. The van der Waals surface area contributed by atoms with Gasteiger partial charge in [0.25, 0.3) is 5.91 Å². The number of carbonyl (C=O) groups is 2. The highest BCUT2D eigenvalue weighted by Gasteiger charge is 2.28. The van der Waals surface area contributed by atoms with Crippen molar-refractivity contribution in [2.75, 3.05) is 40.0 Å². The Morgan fingerprint density at radius 1 is 1.22 bits per heavy atom. The number of morpholine rings is 1. The predicted molar refractivity (Wildman–Crippen MR) is 119 cm³/mol. The molecule has 0 aliphatic carbocycles. The summed E-state index contributed by atoms with van der Waals surface area (Å²) in [5, 5.41) is 3.64. The van der Waals surface area contributed by atoms with E-state index in [0.717, 1.165) is 11.1 Å². The van der Waals surface area contributed by atoms with Gasteiger partial charge in [-0.3, -0.25) is 14.6 Å². The lowest BCUT2D eigenvalue weighted by Crippen LogP contribution is -2.43. The number of carbonyl (C=O) groups excluding carboxylic acids is 2. The Morgan fingerprint density at radius 2 is 2.06 bits per heavy atom. The Labute approximate surface area is 186 Å². The third kappa shape index (κ3) is 5.09. The zero-order valence-corrected chi connectivity index (χ0v) is 18.0. The average Bonchev–Trinajstić information content (AvgIpc) is 2.84. The number of hydrogen-bond acceptors (Lipinski definition) is 6. The highest BCUT2D eigenvalue weighted by Crippen LogP contribution is 2.26. The molecule has 1 aliphatic rings. The Bertz CT molecular complexity index is 1090. The number of rotatable bonds is 7. The van der Waals surface area contributed by atoms with Crippen LogP contribution in [-0.4, -0.2) is 66.6 Å². The quantitative estimate of drug-likeness (QED) is 0.573. The normalized spacial score (nSPS) is 16.2. The lowest BCUT2D eigenvalue weighted by molar-refractivity contribution is -0.138. The highest BCUT2D eigenvalue weighted by molar-refractivity contribution is 6.06. The molecule has 1 aromatic carbocycles. The number of pyridine rings is 2. The van der Waals surface area contributed by atoms with Crippen LogP contribution in [0.25, 0.3) is 10.9 Å². The first kappa shape index (κ1) is 21.9. The smallest absolute Gasteiger partial charge is 0.252 e. The minimum Gasteiger partial charge on any atom is -0.383 e. The maximum absolute atomic E-state index is 12.8. The molecule has 2 aromatic heterocycles. The highest BCUT2D eigenvalue weighted by atomic mass is 16.5. The minimum absolute atomic E-state index is 0.00433. The Kier molecular flexibility index (Phi) is 7.03. The minimum atomic E-state index is -0.411. The van der Waals surface area contributed by atoms with Crippen molar-refractivity contribution in [3.8, 4) is 0 Å². The molecular formula is C24H26N4O4. The van der Waals surface area contributed by atoms with E-state index in [4.69, 9.17) is 14.5 Å². The van der Waals surface area contributed by atoms with E-state index in [1.54, 1.807) is 24.3 Å². The summed E-state index contributed by atoms with van der Waals surface area (Å²) in [7, 11) is 1.59. The van der Waals surface area contributed by atoms with Crippen molar-refractivity contribution in [1.29, 1.82) is 0 Å². The molecule has 3 heterocycles. The molecule has 3 aromatic rings. The van der Waals surface area contributed by atoms with Gasteiger partial charge in [-0.1, -0.05) is 24.3 Å². The predicted octanol–water partition coefficient (Wildman–Crippen LogP) is 2.15. The Balaban J connectivity index is 1.55. The number of fused-ring (bicyclic) bond motifs is 1. The van der Waals surface area contributed by atoms with Crippen molar-refractivity contribution in [1.82, 2.24) is 20.2 Å². The number of nitrogens with zero attached hydrogens (tertiary/aromatic N) is 3. The molecule has 0 spiro atoms. The molecule has 8 heteroatoms. The Morgan fingerprint density at radius 3 is 2.88 bits per heavy atom. The fourth-order valence-electron chi connectivity index (χ4n) is 3.73. The van der Waals surface area contributed by atoms with Crippen LogP contribution in [0.3, 0.4) is 0 Å². The summed E-state index contributed by atoms with van der Waals surface area (Å²) >= 11 is 0. The zero-order valence-electron chi connectivity index (χ0n) is 18.0. The van der Waals surface area contributed by atoms with E-state index in [1.807, 2.05) is 42.5 Å². The standard InChI is InChI=1S/C24H26N4O4/c1-31-12-10-26-24(30)19-15-21(27-20-8-3-2-7-18(19)20)22-16-28(11-13-32-22)23(29)14-17-6-4-5-9-25-17/h2-9,15,22H,10-14,16H2,1H3,(H,26,30)/t22-/m1/s1. The van der Waals surface area contributed by atoms with Crippen molar-refractivity contribution >= 4 is 22.7 Å². The van der Waals surface area contributed by atoms with E-state index in [9.17, 15) is 9.59 Å². The summed E-state index contributed by atoms with van der Waals surface area (Å²) in [6, 6.07) is 14.8. The zero-order chi connectivity index (χ0) is 22.3. The van der Waals surface area contributed by atoms with E-state index >= 15 is 0 Å². The second-order valence-corrected chi connectivity index (χ2v) is 7.56. The average molecular weight is 434 g/mol. The van der Waals surface area contributed by atoms with Gasteiger partial charge >= 0.3 is 0 Å². The maximum Gasteiger partial charge on any atom is 0.252 e. The summed E-state index contributed by atoms with van der Waals surface area (Å²) in [5.41, 5.74) is 2.61. The molecule has 166 valence electrons. The van der Waals surface area contributed by atoms with Crippen LogP contribution in [0.1, 0.15) is 27.8 Å². The molecule has 0 bridgehead atoms. The molecule has 32 heavy (non-hydrogen) atoms. The molecule has 1 fully saturated rings. The summed E-state index contributed by atoms with van der Waals surface area (Å²) < 4.78 is 11.0. The van der Waals surface area contributed by atoms with Gasteiger partial charge in [0.2, 0.25) is 5.91 Å². The first-order valence-corrected chi connectivity index (χ1v) is 10.6. The van der Waals surface area contributed by atoms with Crippen molar-refractivity contribution in [3.63, 3.8) is 0 Å². The van der Waals surface area contributed by atoms with Crippen molar-refractivity contribution in [2.24, 2.45) is 0 Å². The molecule has 4 rings (SSSR count). The summed E-state index contributed by atoms with van der Waals surface area (Å²) in [5.74, 6) is -0.198. The first-order valence-electron chi connectivity index (χ1n) is 10.6. The molecule has 1 N–H and O–H groups in total. The number of amides is 2. The van der Waals surface area contributed by atoms with Gasteiger partial charge in [-0.2, -0.15) is 0 Å². The number of methoxy groups -OCH3 is 1. The van der Waals surface area contributed by atoms with Crippen LogP contribution < -0.4 is 5.32 Å². The van der Waals surface area contributed by atoms with Crippen LogP contribution >= 0.6 is 0 Å². The maximum atomic E-state index is 12.8. The van der Waals surface area contributed by atoms with Crippen LogP contribution in [0.4, 0.5) is 0 Å². The van der Waals surface area contributed by atoms with Crippen LogP contribution in [0.15, 0.2) is 54.7 Å². The fourth-order valence-corrected chi connectivity index (χ4v) is 3.73. The van der Waals surface area contributed by atoms with Gasteiger partial charge in [-0.15, -0.1) is 0 Å². The van der Waals surface area contributed by atoms with Crippen molar-refractivity contribution in [3.05, 3.63) is 71.7 Å². The topological polar surface area (TPSA) is 93.7 Å². The van der Waals surface area contributed by atoms with Gasteiger partial charge in [0, 0.05) is 37.5 Å². The number of ether oxygens (including phenoxy) is 2. The molecule has 0 unspecified atom stereocenters. The van der Waals surface area contributed by atoms with Crippen LogP contribution in [0.5, 0.6) is 0 Å². The molecule has 8 nitrogen and oxygen atoms in total. The van der Waals surface area contributed by atoms with Gasteiger partial charge in [0.05, 0.1) is 43.0 Å². The van der Waals surface area contributed by atoms with Gasteiger partial charge < -0.3 is 19.7 Å². The number of aromatic nitrogens is 2. The second-order valence-electron chi connectivity index (χ2n) is 7.56. The lowest BCUT2D eigenvalue weighted by Gasteiger charge is -2.33. The third-order valence-electron chi connectivity index (χ3n) is 5.38. The van der Waals surface area contributed by atoms with Gasteiger partial charge in [0.15, 0.2) is 0 Å². The van der Waals surface area contributed by atoms with Crippen molar-refractivity contribution < 1.29 is 19.1 Å². The summed E-state index contributed by atoms with van der Waals surface area (Å²) in [6.07, 6.45) is 1.51. The number of para-hydroxylation sites is 1. The largest absolute Gasteiger partial charge is 0.383 e.